The standard InChI is InChI=1S/C18H20N4O2/c1-11-14(10-13-8-6-5-7-9-13)17(23)22-16(19-11)15(12(2)20-22)18(24)21(3)4/h5-9,20H,10H2,1-4H3. The monoisotopic (exact) mass is 324 g/mol. The van der Waals surface area contributed by atoms with Crippen molar-refractivity contribution < 1.29 is 4.79 Å². The summed E-state index contributed by atoms with van der Waals surface area (Å²) >= 11 is 0. The zero-order chi connectivity index (χ0) is 17.4. The normalized spacial score (nSPS) is 11.0. The number of aromatic amines is 1. The van der Waals surface area contributed by atoms with Gasteiger partial charge in [0, 0.05) is 37.5 Å². The minimum atomic E-state index is -0.173. The maximum atomic E-state index is 12.9. The summed E-state index contributed by atoms with van der Waals surface area (Å²) in [4.78, 5) is 31.3. The quantitative estimate of drug-likeness (QED) is 0.800. The third-order valence-electron chi connectivity index (χ3n) is 4.11. The fourth-order valence-corrected chi connectivity index (χ4v) is 2.81. The number of amides is 1. The van der Waals surface area contributed by atoms with Crippen LogP contribution in [0.25, 0.3) is 5.65 Å². The van der Waals surface area contributed by atoms with Crippen LogP contribution in [-0.4, -0.2) is 39.5 Å². The van der Waals surface area contributed by atoms with Gasteiger partial charge in [0.25, 0.3) is 11.5 Å². The van der Waals surface area contributed by atoms with Gasteiger partial charge in [-0.3, -0.25) is 14.7 Å². The number of hydrogen-bond donors (Lipinski definition) is 1. The summed E-state index contributed by atoms with van der Waals surface area (Å²) in [5.74, 6) is -0.173. The zero-order valence-corrected chi connectivity index (χ0v) is 14.3. The lowest BCUT2D eigenvalue weighted by Crippen LogP contribution is -2.25. The van der Waals surface area contributed by atoms with Gasteiger partial charge in [-0.05, 0) is 19.4 Å². The predicted octanol–water partition coefficient (Wildman–Crippen LogP) is 1.93. The van der Waals surface area contributed by atoms with Crippen LogP contribution in [0.1, 0.15) is 32.9 Å². The van der Waals surface area contributed by atoms with Crippen molar-refractivity contribution >= 4 is 11.6 Å². The summed E-state index contributed by atoms with van der Waals surface area (Å²) in [5, 5.41) is 2.98. The Labute approximate surface area is 139 Å². The predicted molar refractivity (Wildman–Crippen MR) is 92.6 cm³/mol. The second kappa shape index (κ2) is 5.96. The summed E-state index contributed by atoms with van der Waals surface area (Å²) in [7, 11) is 3.36. The van der Waals surface area contributed by atoms with Gasteiger partial charge in [-0.25, -0.2) is 9.50 Å². The molecule has 2 heterocycles. The Kier molecular flexibility index (Phi) is 3.97. The van der Waals surface area contributed by atoms with Gasteiger partial charge >= 0.3 is 0 Å². The first-order chi connectivity index (χ1) is 11.4. The highest BCUT2D eigenvalue weighted by atomic mass is 16.2. The number of carbonyl (C=O) groups is 1. The third kappa shape index (κ3) is 2.60. The van der Waals surface area contributed by atoms with Crippen LogP contribution in [0.4, 0.5) is 0 Å². The largest absolute Gasteiger partial charge is 0.345 e. The van der Waals surface area contributed by atoms with Gasteiger partial charge in [-0.15, -0.1) is 0 Å². The molecule has 0 aliphatic carbocycles. The van der Waals surface area contributed by atoms with Crippen LogP contribution >= 0.6 is 0 Å². The molecule has 6 heteroatoms. The minimum absolute atomic E-state index is 0.165. The van der Waals surface area contributed by atoms with Crippen LogP contribution in [0, 0.1) is 13.8 Å². The lowest BCUT2D eigenvalue weighted by Gasteiger charge is -2.10. The van der Waals surface area contributed by atoms with Crippen molar-refractivity contribution in [2.24, 2.45) is 0 Å². The molecule has 0 unspecified atom stereocenters. The molecule has 2 aromatic heterocycles. The molecule has 0 bridgehead atoms. The minimum Gasteiger partial charge on any atom is -0.345 e. The Bertz CT molecular complexity index is 968. The molecule has 0 aliphatic rings. The number of benzene rings is 1. The second-order valence-electron chi connectivity index (χ2n) is 6.11. The van der Waals surface area contributed by atoms with Crippen molar-refractivity contribution in [3.8, 4) is 0 Å². The second-order valence-corrected chi connectivity index (χ2v) is 6.11. The van der Waals surface area contributed by atoms with Gasteiger partial charge in [0.05, 0.1) is 0 Å². The van der Waals surface area contributed by atoms with Crippen molar-refractivity contribution in [2.75, 3.05) is 14.1 Å². The molecule has 0 fully saturated rings. The maximum absolute atomic E-state index is 12.9. The molecule has 0 saturated carbocycles. The van der Waals surface area contributed by atoms with Crippen molar-refractivity contribution in [1.29, 1.82) is 0 Å². The van der Waals surface area contributed by atoms with E-state index in [1.54, 1.807) is 21.0 Å². The van der Waals surface area contributed by atoms with Crippen LogP contribution in [-0.2, 0) is 6.42 Å². The molecule has 0 radical (unpaired) electrons. The fourth-order valence-electron chi connectivity index (χ4n) is 2.81. The van der Waals surface area contributed by atoms with Gasteiger partial charge in [0.1, 0.15) is 5.56 Å². The van der Waals surface area contributed by atoms with Gasteiger partial charge < -0.3 is 4.90 Å². The molecule has 6 nitrogen and oxygen atoms in total. The first-order valence-electron chi connectivity index (χ1n) is 7.76. The van der Waals surface area contributed by atoms with Crippen molar-refractivity contribution in [3.05, 3.63) is 68.8 Å². The molecule has 1 N–H and O–H groups in total. The lowest BCUT2D eigenvalue weighted by molar-refractivity contribution is 0.0828. The van der Waals surface area contributed by atoms with Crippen LogP contribution < -0.4 is 5.56 Å². The number of nitrogens with one attached hydrogen (secondary N) is 1. The van der Waals surface area contributed by atoms with E-state index in [1.807, 2.05) is 37.3 Å². The molecule has 0 aliphatic heterocycles. The maximum Gasteiger partial charge on any atom is 0.276 e. The van der Waals surface area contributed by atoms with E-state index in [1.165, 1.54) is 9.42 Å². The first kappa shape index (κ1) is 16.0. The molecule has 0 saturated heterocycles. The summed E-state index contributed by atoms with van der Waals surface area (Å²) in [6.45, 7) is 3.59. The SMILES string of the molecule is Cc1nc2c(C(=O)N(C)C)c(C)[nH]n2c(=O)c1Cc1ccccc1. The smallest absolute Gasteiger partial charge is 0.276 e. The molecule has 124 valence electrons. The lowest BCUT2D eigenvalue weighted by atomic mass is 10.1. The number of aromatic nitrogens is 3. The van der Waals surface area contributed by atoms with Gasteiger partial charge in [-0.2, -0.15) is 0 Å². The molecule has 0 atom stereocenters. The Morgan fingerprint density at radius 1 is 1.21 bits per heavy atom. The van der Waals surface area contributed by atoms with Crippen LogP contribution in [0.3, 0.4) is 0 Å². The number of fused-ring (bicyclic) bond motifs is 1. The van der Waals surface area contributed by atoms with E-state index in [-0.39, 0.29) is 11.5 Å². The molecule has 24 heavy (non-hydrogen) atoms. The number of hydrogen-bond acceptors (Lipinski definition) is 3. The van der Waals surface area contributed by atoms with E-state index in [9.17, 15) is 9.59 Å². The molecule has 3 rings (SSSR count). The molecular formula is C18H20N4O2. The van der Waals surface area contributed by atoms with Crippen molar-refractivity contribution in [1.82, 2.24) is 19.5 Å². The van der Waals surface area contributed by atoms with E-state index in [4.69, 9.17) is 0 Å². The highest BCUT2D eigenvalue weighted by Crippen LogP contribution is 2.16. The average Bonchev–Trinajstić information content (AvgIpc) is 2.88. The zero-order valence-electron chi connectivity index (χ0n) is 14.3. The highest BCUT2D eigenvalue weighted by molar-refractivity contribution is 6.00. The third-order valence-corrected chi connectivity index (χ3v) is 4.11. The van der Waals surface area contributed by atoms with Gasteiger partial charge in [-0.1, -0.05) is 30.3 Å². The molecular weight excluding hydrogens is 304 g/mol. The van der Waals surface area contributed by atoms with Gasteiger partial charge in [0.15, 0.2) is 5.65 Å². The van der Waals surface area contributed by atoms with Crippen LogP contribution in [0.5, 0.6) is 0 Å². The van der Waals surface area contributed by atoms with Crippen LogP contribution in [0.2, 0.25) is 0 Å². The molecule has 1 amide bonds. The molecule has 1 aromatic carbocycles. The topological polar surface area (TPSA) is 70.5 Å². The van der Waals surface area contributed by atoms with Crippen molar-refractivity contribution in [3.63, 3.8) is 0 Å². The highest BCUT2D eigenvalue weighted by Gasteiger charge is 2.22. The first-order valence-corrected chi connectivity index (χ1v) is 7.76. The molecule has 3 aromatic rings. The number of carbonyl (C=O) groups excluding carboxylic acids is 1. The molecule has 0 spiro atoms. The number of nitrogens with zero attached hydrogens (tertiary/aromatic N) is 3. The Balaban J connectivity index is 2.19. The Morgan fingerprint density at radius 3 is 2.50 bits per heavy atom. The van der Waals surface area contributed by atoms with E-state index in [2.05, 4.69) is 10.1 Å². The average molecular weight is 324 g/mol. The van der Waals surface area contributed by atoms with Crippen LogP contribution in [0.15, 0.2) is 35.1 Å². The Hall–Kier alpha value is -2.89. The summed E-state index contributed by atoms with van der Waals surface area (Å²) < 4.78 is 1.37. The Morgan fingerprint density at radius 2 is 1.88 bits per heavy atom. The van der Waals surface area contributed by atoms with E-state index in [0.717, 1.165) is 5.56 Å². The fraction of sp³-hybridized carbons (Fsp3) is 0.278. The van der Waals surface area contributed by atoms with Gasteiger partial charge in [0.2, 0.25) is 0 Å². The summed E-state index contributed by atoms with van der Waals surface area (Å²) in [5.41, 5.74) is 3.61. The number of H-pyrrole nitrogens is 1. The van der Waals surface area contributed by atoms with E-state index >= 15 is 0 Å². The summed E-state index contributed by atoms with van der Waals surface area (Å²) in [6.07, 6.45) is 0.510. The number of rotatable bonds is 3. The van der Waals surface area contributed by atoms with E-state index < -0.39 is 0 Å². The van der Waals surface area contributed by atoms with Crippen molar-refractivity contribution in [2.45, 2.75) is 20.3 Å². The summed E-state index contributed by atoms with van der Waals surface area (Å²) in [6, 6.07) is 9.79. The van der Waals surface area contributed by atoms with E-state index in [0.29, 0.717) is 34.6 Å². The number of aryl methyl sites for hydroxylation is 2.